The van der Waals surface area contributed by atoms with Crippen LogP contribution < -0.4 is 0 Å². The van der Waals surface area contributed by atoms with Gasteiger partial charge < -0.3 is 4.85 Å². The maximum Gasteiger partial charge on any atom is 0.269 e. The van der Waals surface area contributed by atoms with Crippen LogP contribution in [-0.4, -0.2) is 32.3 Å². The lowest BCUT2D eigenvalue weighted by atomic mass is 9.98. The predicted molar refractivity (Wildman–Crippen MR) is 79.3 cm³/mol. The number of halogens is 1. The molecule has 1 aliphatic rings. The lowest BCUT2D eigenvalue weighted by Gasteiger charge is -2.45. The molecule has 0 radical (unpaired) electrons. The van der Waals surface area contributed by atoms with Crippen molar-refractivity contribution in [1.29, 1.82) is 0 Å². The highest BCUT2D eigenvalue weighted by Crippen LogP contribution is 2.30. The number of rotatable bonds is 3. The average molecular weight is 332 g/mol. The summed E-state index contributed by atoms with van der Waals surface area (Å²) in [4.78, 5) is 10.0. The summed E-state index contributed by atoms with van der Waals surface area (Å²) in [6.07, 6.45) is 3.83. The molecule has 0 saturated carbocycles. The van der Waals surface area contributed by atoms with E-state index in [1.807, 2.05) is 29.2 Å². The van der Waals surface area contributed by atoms with Crippen molar-refractivity contribution in [2.24, 2.45) is 0 Å². The minimum Gasteiger partial charge on any atom is -0.361 e. The Morgan fingerprint density at radius 3 is 3.00 bits per heavy atom. The van der Waals surface area contributed by atoms with Crippen LogP contribution in [0.15, 0.2) is 35.1 Å². The lowest BCUT2D eigenvalue weighted by molar-refractivity contribution is 0.0200. The van der Waals surface area contributed by atoms with Crippen molar-refractivity contribution >= 4 is 21.7 Å². The molecule has 3 rings (SSSR count). The van der Waals surface area contributed by atoms with Gasteiger partial charge in [0.1, 0.15) is 5.69 Å². The van der Waals surface area contributed by atoms with Crippen LogP contribution in [0.1, 0.15) is 18.7 Å². The zero-order valence-electron chi connectivity index (χ0n) is 11.1. The zero-order valence-corrected chi connectivity index (χ0v) is 12.7. The van der Waals surface area contributed by atoms with Crippen molar-refractivity contribution in [3.63, 3.8) is 0 Å². The number of likely N-dealkylation sites (tertiary alicyclic amines) is 1. The van der Waals surface area contributed by atoms with Gasteiger partial charge in [-0.15, -0.1) is 4.98 Å². The first-order valence-electron chi connectivity index (χ1n) is 6.44. The summed E-state index contributed by atoms with van der Waals surface area (Å²) in [6.45, 7) is 10.9. The van der Waals surface area contributed by atoms with Gasteiger partial charge in [-0.25, -0.2) is 0 Å². The summed E-state index contributed by atoms with van der Waals surface area (Å²) in [5, 5.41) is 4.34. The Labute approximate surface area is 126 Å². The maximum atomic E-state index is 7.00. The van der Waals surface area contributed by atoms with Crippen molar-refractivity contribution in [1.82, 2.24) is 19.7 Å². The molecule has 102 valence electrons. The molecule has 2 atom stereocenters. The Morgan fingerprint density at radius 2 is 2.35 bits per heavy atom. The third kappa shape index (κ3) is 2.47. The van der Waals surface area contributed by atoms with E-state index in [0.29, 0.717) is 17.9 Å². The van der Waals surface area contributed by atoms with Gasteiger partial charge >= 0.3 is 0 Å². The summed E-state index contributed by atoms with van der Waals surface area (Å²) in [6, 6.07) is 6.42. The van der Waals surface area contributed by atoms with E-state index in [-0.39, 0.29) is 0 Å². The quantitative estimate of drug-likeness (QED) is 0.811. The molecule has 3 heterocycles. The van der Waals surface area contributed by atoms with Crippen LogP contribution in [0.2, 0.25) is 0 Å². The van der Waals surface area contributed by atoms with E-state index in [4.69, 9.17) is 6.57 Å². The molecule has 0 amide bonds. The van der Waals surface area contributed by atoms with Crippen LogP contribution >= 0.6 is 15.9 Å². The van der Waals surface area contributed by atoms with Crippen LogP contribution in [0.25, 0.3) is 4.85 Å². The summed E-state index contributed by atoms with van der Waals surface area (Å²) in [7, 11) is 0. The normalized spacial score (nSPS) is 22.2. The van der Waals surface area contributed by atoms with Gasteiger partial charge in [-0.05, 0) is 35.0 Å². The van der Waals surface area contributed by atoms with Gasteiger partial charge in [0.05, 0.1) is 23.3 Å². The number of aromatic nitrogens is 3. The fourth-order valence-electron chi connectivity index (χ4n) is 2.50. The molecule has 2 aromatic rings. The van der Waals surface area contributed by atoms with E-state index in [1.54, 1.807) is 6.07 Å². The van der Waals surface area contributed by atoms with Crippen molar-refractivity contribution in [2.75, 3.05) is 6.54 Å². The van der Waals surface area contributed by atoms with Crippen LogP contribution in [0.4, 0.5) is 5.82 Å². The highest BCUT2D eigenvalue weighted by Gasteiger charge is 2.37. The van der Waals surface area contributed by atoms with Crippen molar-refractivity contribution < 1.29 is 0 Å². The van der Waals surface area contributed by atoms with Gasteiger partial charge in [-0.3, -0.25) is 9.58 Å². The van der Waals surface area contributed by atoms with Gasteiger partial charge in [0, 0.05) is 18.8 Å². The third-order valence-electron chi connectivity index (χ3n) is 3.74. The Bertz CT molecular complexity index is 660. The molecule has 0 aromatic carbocycles. The molecular formula is C14H14BrN5. The number of hydrogen-bond acceptors (Lipinski definition) is 3. The lowest BCUT2D eigenvalue weighted by Crippen LogP contribution is -2.54. The molecular weight excluding hydrogens is 318 g/mol. The van der Waals surface area contributed by atoms with Crippen LogP contribution in [0, 0.1) is 6.57 Å². The van der Waals surface area contributed by atoms with Gasteiger partial charge in [-0.1, -0.05) is 12.6 Å². The smallest absolute Gasteiger partial charge is 0.269 e. The zero-order chi connectivity index (χ0) is 14.1. The molecule has 0 unspecified atom stereocenters. The van der Waals surface area contributed by atoms with E-state index in [1.165, 1.54) is 0 Å². The molecule has 5 nitrogen and oxygen atoms in total. The van der Waals surface area contributed by atoms with Gasteiger partial charge in [0.25, 0.3) is 5.82 Å². The van der Waals surface area contributed by atoms with Crippen LogP contribution in [-0.2, 0) is 6.54 Å². The molecule has 0 spiro atoms. The maximum absolute atomic E-state index is 7.00. The van der Waals surface area contributed by atoms with Gasteiger partial charge in [-0.2, -0.15) is 5.10 Å². The second-order valence-electron chi connectivity index (χ2n) is 4.97. The highest BCUT2D eigenvalue weighted by molar-refractivity contribution is 9.10. The first kappa shape index (κ1) is 13.3. The molecule has 0 bridgehead atoms. The molecule has 2 aromatic heterocycles. The standard InChI is InChI=1S/C14H14BrN5/c1-10-13(20-7-11(15)6-17-20)9-19(10)8-12-4-3-5-14(16-2)18-12/h3-7,10,13H,8-9H2,1H3/t10-,13+/m0/s1. The Balaban J connectivity index is 1.65. The predicted octanol–water partition coefficient (Wildman–Crippen LogP) is 3.04. The van der Waals surface area contributed by atoms with Crippen molar-refractivity contribution in [2.45, 2.75) is 25.6 Å². The van der Waals surface area contributed by atoms with Crippen molar-refractivity contribution in [3.05, 3.63) is 52.2 Å². The topological polar surface area (TPSA) is 38.3 Å². The SMILES string of the molecule is [C-]#[N+]c1cccc(CN2C[C@@H](n3cc(Br)cn3)[C@@H]2C)n1. The number of pyridine rings is 1. The molecule has 20 heavy (non-hydrogen) atoms. The fourth-order valence-corrected chi connectivity index (χ4v) is 2.80. The second-order valence-corrected chi connectivity index (χ2v) is 5.89. The minimum atomic E-state index is 0.408. The molecule has 0 N–H and O–H groups in total. The van der Waals surface area contributed by atoms with Crippen molar-refractivity contribution in [3.8, 4) is 0 Å². The Morgan fingerprint density at radius 1 is 1.50 bits per heavy atom. The summed E-state index contributed by atoms with van der Waals surface area (Å²) in [5.41, 5.74) is 0.949. The molecule has 1 saturated heterocycles. The third-order valence-corrected chi connectivity index (χ3v) is 4.15. The van der Waals surface area contributed by atoms with E-state index < -0.39 is 0 Å². The Hall–Kier alpha value is -1.71. The van der Waals surface area contributed by atoms with E-state index >= 15 is 0 Å². The molecule has 6 heteroatoms. The van der Waals surface area contributed by atoms with Gasteiger partial charge in [0.2, 0.25) is 0 Å². The van der Waals surface area contributed by atoms with E-state index in [0.717, 1.165) is 23.3 Å². The first-order valence-corrected chi connectivity index (χ1v) is 7.24. The average Bonchev–Trinajstić information content (AvgIpc) is 2.88. The highest BCUT2D eigenvalue weighted by atomic mass is 79.9. The van der Waals surface area contributed by atoms with E-state index in [9.17, 15) is 0 Å². The van der Waals surface area contributed by atoms with Gasteiger partial charge in [0.15, 0.2) is 0 Å². The minimum absolute atomic E-state index is 0.408. The van der Waals surface area contributed by atoms with Crippen LogP contribution in [0.3, 0.4) is 0 Å². The second kappa shape index (κ2) is 5.35. The van der Waals surface area contributed by atoms with E-state index in [2.05, 4.69) is 42.7 Å². The fraction of sp³-hybridized carbons (Fsp3) is 0.357. The number of hydrogen-bond donors (Lipinski definition) is 0. The molecule has 1 aliphatic heterocycles. The largest absolute Gasteiger partial charge is 0.361 e. The Kier molecular flexibility index (Phi) is 3.55. The number of nitrogens with zero attached hydrogens (tertiary/aromatic N) is 5. The molecule has 0 aliphatic carbocycles. The first-order chi connectivity index (χ1) is 9.67. The summed E-state index contributed by atoms with van der Waals surface area (Å²) >= 11 is 3.42. The van der Waals surface area contributed by atoms with Crippen LogP contribution in [0.5, 0.6) is 0 Å². The summed E-state index contributed by atoms with van der Waals surface area (Å²) < 4.78 is 3.02. The molecule has 1 fully saturated rings. The summed E-state index contributed by atoms with van der Waals surface area (Å²) in [5.74, 6) is 0.461. The monoisotopic (exact) mass is 331 g/mol.